The van der Waals surface area contributed by atoms with Gasteiger partial charge in [0, 0.05) is 14.5 Å². The lowest BCUT2D eigenvalue weighted by molar-refractivity contribution is 1.15. The van der Waals surface area contributed by atoms with Crippen molar-refractivity contribution in [2.24, 2.45) is 16.6 Å². The third-order valence-electron chi connectivity index (χ3n) is 2.15. The van der Waals surface area contributed by atoms with Crippen LogP contribution < -0.4 is 5.73 Å². The van der Waals surface area contributed by atoms with E-state index in [0.717, 1.165) is 20.1 Å². The quantitative estimate of drug-likeness (QED) is 0.506. The molecule has 0 atom stereocenters. The molecule has 1 fully saturated rings. The zero-order chi connectivity index (χ0) is 10.1. The van der Waals surface area contributed by atoms with Gasteiger partial charge in [-0.15, -0.1) is 0 Å². The summed E-state index contributed by atoms with van der Waals surface area (Å²) < 4.78 is 1.04. The van der Waals surface area contributed by atoms with Gasteiger partial charge in [-0.25, -0.2) is 4.99 Å². The maximum absolute atomic E-state index is 5.84. The molecule has 0 bridgehead atoms. The molecule has 0 unspecified atom stereocenters. The third-order valence-corrected chi connectivity index (χ3v) is 3.25. The Morgan fingerprint density at radius 2 is 2.21 bits per heavy atom. The highest BCUT2D eigenvalue weighted by atomic mass is 127. The second-order valence-electron chi connectivity index (χ2n) is 3.41. The fourth-order valence-electron chi connectivity index (χ4n) is 1.18. The van der Waals surface area contributed by atoms with E-state index in [-0.39, 0.29) is 0 Å². The molecule has 0 aliphatic heterocycles. The molecule has 2 nitrogen and oxygen atoms in total. The average Bonchev–Trinajstić information content (AvgIpc) is 2.92. The van der Waals surface area contributed by atoms with Crippen molar-refractivity contribution in [1.82, 2.24) is 0 Å². The lowest BCUT2D eigenvalue weighted by Crippen LogP contribution is -2.13. The molecule has 0 radical (unpaired) electrons. The smallest absolute Gasteiger partial charge is 0.103 e. The minimum Gasteiger partial charge on any atom is -0.387 e. The summed E-state index contributed by atoms with van der Waals surface area (Å²) in [6.45, 7) is 0. The van der Waals surface area contributed by atoms with E-state index in [1.54, 1.807) is 0 Å². The summed E-state index contributed by atoms with van der Waals surface area (Å²) in [6, 6.07) is 5.63. The van der Waals surface area contributed by atoms with Crippen LogP contribution in [0.2, 0.25) is 5.02 Å². The topological polar surface area (TPSA) is 38.4 Å². The Kier molecular flexibility index (Phi) is 2.97. The van der Waals surface area contributed by atoms with Gasteiger partial charge in [0.2, 0.25) is 0 Å². The third kappa shape index (κ3) is 2.39. The van der Waals surface area contributed by atoms with Gasteiger partial charge in [0.25, 0.3) is 0 Å². The summed E-state index contributed by atoms with van der Waals surface area (Å²) in [6.07, 6.45) is 2.36. The maximum atomic E-state index is 5.84. The molecule has 4 heteroatoms. The van der Waals surface area contributed by atoms with Crippen LogP contribution in [0.15, 0.2) is 23.2 Å². The Balaban J connectivity index is 2.27. The number of hydrogen-bond acceptors (Lipinski definition) is 1. The first-order valence-corrected chi connectivity index (χ1v) is 5.91. The number of benzene rings is 1. The van der Waals surface area contributed by atoms with Crippen molar-refractivity contribution in [2.75, 3.05) is 0 Å². The van der Waals surface area contributed by atoms with Gasteiger partial charge in [-0.2, -0.15) is 0 Å². The molecule has 0 saturated heterocycles. The van der Waals surface area contributed by atoms with Gasteiger partial charge in [0.05, 0.1) is 5.69 Å². The molecule has 1 saturated carbocycles. The highest BCUT2D eigenvalue weighted by molar-refractivity contribution is 14.1. The second-order valence-corrected chi connectivity index (χ2v) is 5.01. The molecule has 14 heavy (non-hydrogen) atoms. The summed E-state index contributed by atoms with van der Waals surface area (Å²) in [5.41, 5.74) is 6.75. The van der Waals surface area contributed by atoms with E-state index >= 15 is 0 Å². The first-order valence-electron chi connectivity index (χ1n) is 4.46. The number of nitrogens with zero attached hydrogens (tertiary/aromatic N) is 1. The number of hydrogen-bond donors (Lipinski definition) is 1. The largest absolute Gasteiger partial charge is 0.387 e. The van der Waals surface area contributed by atoms with E-state index in [4.69, 9.17) is 17.3 Å². The van der Waals surface area contributed by atoms with E-state index in [2.05, 4.69) is 27.6 Å². The number of rotatable bonds is 2. The number of nitrogens with two attached hydrogens (primary N) is 1. The van der Waals surface area contributed by atoms with E-state index in [1.807, 2.05) is 18.2 Å². The van der Waals surface area contributed by atoms with Crippen LogP contribution in [-0.4, -0.2) is 5.84 Å². The van der Waals surface area contributed by atoms with Crippen molar-refractivity contribution < 1.29 is 0 Å². The molecule has 0 spiro atoms. The molecular weight excluding hydrogens is 310 g/mol. The molecule has 1 aliphatic rings. The van der Waals surface area contributed by atoms with Gasteiger partial charge < -0.3 is 5.73 Å². The minimum absolute atomic E-state index is 0.515. The number of halogens is 2. The predicted octanol–water partition coefficient (Wildman–Crippen LogP) is 3.34. The fraction of sp³-hybridized carbons (Fsp3) is 0.300. The van der Waals surface area contributed by atoms with Gasteiger partial charge >= 0.3 is 0 Å². The SMILES string of the molecule is NC(=Nc1ccc(Cl)cc1I)C1CC1. The van der Waals surface area contributed by atoms with Gasteiger partial charge in [-0.3, -0.25) is 0 Å². The standard InChI is InChI=1S/C10H10ClIN2/c11-7-3-4-9(8(12)5-7)14-10(13)6-1-2-6/h3-6H,1-2H2,(H2,13,14). The van der Waals surface area contributed by atoms with Crippen LogP contribution in [0.5, 0.6) is 0 Å². The molecule has 0 heterocycles. The molecule has 74 valence electrons. The van der Waals surface area contributed by atoms with Crippen molar-refractivity contribution in [3.8, 4) is 0 Å². The van der Waals surface area contributed by atoms with Crippen LogP contribution in [0.3, 0.4) is 0 Å². The molecule has 1 aromatic carbocycles. The number of aliphatic imine (C=N–C) groups is 1. The summed E-state index contributed by atoms with van der Waals surface area (Å²) in [7, 11) is 0. The molecule has 2 N–H and O–H groups in total. The van der Waals surface area contributed by atoms with Crippen LogP contribution in [0.4, 0.5) is 5.69 Å². The Bertz CT molecular complexity index is 386. The second kappa shape index (κ2) is 4.06. The summed E-state index contributed by atoms with van der Waals surface area (Å²) in [5.74, 6) is 1.27. The lowest BCUT2D eigenvalue weighted by atomic mass is 10.3. The molecule has 1 aliphatic carbocycles. The fourth-order valence-corrected chi connectivity index (χ4v) is 2.17. The van der Waals surface area contributed by atoms with Gasteiger partial charge in [0.15, 0.2) is 0 Å². The lowest BCUT2D eigenvalue weighted by Gasteiger charge is -2.01. The molecule has 0 amide bonds. The first kappa shape index (κ1) is 10.2. The van der Waals surface area contributed by atoms with E-state index in [0.29, 0.717) is 5.92 Å². The first-order chi connectivity index (χ1) is 6.66. The van der Waals surface area contributed by atoms with Crippen molar-refractivity contribution in [3.05, 3.63) is 26.8 Å². The summed E-state index contributed by atoms with van der Waals surface area (Å²) in [5, 5.41) is 0.735. The highest BCUT2D eigenvalue weighted by Gasteiger charge is 2.25. The van der Waals surface area contributed by atoms with Crippen LogP contribution in [0.1, 0.15) is 12.8 Å². The minimum atomic E-state index is 0.515. The molecule has 1 aromatic rings. The zero-order valence-electron chi connectivity index (χ0n) is 7.50. The van der Waals surface area contributed by atoms with Gasteiger partial charge in [-0.1, -0.05) is 11.6 Å². The molecule has 0 aromatic heterocycles. The molecule has 2 rings (SSSR count). The molecular formula is C10H10ClIN2. The van der Waals surface area contributed by atoms with Crippen molar-refractivity contribution in [3.63, 3.8) is 0 Å². The normalized spacial score (nSPS) is 17.1. The van der Waals surface area contributed by atoms with E-state index in [1.165, 1.54) is 12.8 Å². The van der Waals surface area contributed by atoms with Crippen molar-refractivity contribution in [1.29, 1.82) is 0 Å². The van der Waals surface area contributed by atoms with Crippen molar-refractivity contribution in [2.45, 2.75) is 12.8 Å². The van der Waals surface area contributed by atoms with Crippen LogP contribution in [-0.2, 0) is 0 Å². The Morgan fingerprint density at radius 1 is 1.50 bits per heavy atom. The average molecular weight is 321 g/mol. The zero-order valence-corrected chi connectivity index (χ0v) is 10.4. The monoisotopic (exact) mass is 320 g/mol. The van der Waals surface area contributed by atoms with Crippen molar-refractivity contribution >= 4 is 45.7 Å². The maximum Gasteiger partial charge on any atom is 0.103 e. The summed E-state index contributed by atoms with van der Waals surface area (Å²) in [4.78, 5) is 4.39. The van der Waals surface area contributed by atoms with Gasteiger partial charge in [-0.05, 0) is 53.6 Å². The predicted molar refractivity (Wildman–Crippen MR) is 68.2 cm³/mol. The van der Waals surface area contributed by atoms with Crippen LogP contribution in [0, 0.1) is 9.49 Å². The Labute approximate surface area is 102 Å². The van der Waals surface area contributed by atoms with Crippen LogP contribution >= 0.6 is 34.2 Å². The van der Waals surface area contributed by atoms with Gasteiger partial charge in [0.1, 0.15) is 5.84 Å². The Morgan fingerprint density at radius 3 is 2.79 bits per heavy atom. The highest BCUT2D eigenvalue weighted by Crippen LogP contribution is 2.31. The summed E-state index contributed by atoms with van der Waals surface area (Å²) >= 11 is 8.06. The van der Waals surface area contributed by atoms with E-state index < -0.39 is 0 Å². The Hall–Kier alpha value is -0.290. The van der Waals surface area contributed by atoms with E-state index in [9.17, 15) is 0 Å². The van der Waals surface area contributed by atoms with Crippen LogP contribution in [0.25, 0.3) is 0 Å². The number of amidine groups is 1.